The van der Waals surface area contributed by atoms with Crippen LogP contribution in [0, 0.1) is 6.92 Å². The van der Waals surface area contributed by atoms with Crippen LogP contribution in [0.1, 0.15) is 39.7 Å². The van der Waals surface area contributed by atoms with E-state index in [-0.39, 0.29) is 24.4 Å². The van der Waals surface area contributed by atoms with E-state index in [4.69, 9.17) is 38.4 Å². The van der Waals surface area contributed by atoms with Crippen LogP contribution in [-0.2, 0) is 35.0 Å². The molecule has 5 heterocycles. The molecule has 4 aromatic rings. The van der Waals surface area contributed by atoms with Crippen LogP contribution in [0.5, 0.6) is 0 Å². The third-order valence-corrected chi connectivity index (χ3v) is 7.77. The van der Waals surface area contributed by atoms with Crippen LogP contribution >= 0.6 is 0 Å². The average Bonchev–Trinajstić information content (AvgIpc) is 3.59. The van der Waals surface area contributed by atoms with Crippen molar-refractivity contribution in [2.45, 2.75) is 89.9 Å². The molecule has 3 aliphatic rings. The Morgan fingerprint density at radius 3 is 2.51 bits per heavy atom. The van der Waals surface area contributed by atoms with Gasteiger partial charge in [-0.2, -0.15) is 0 Å². The quantitative estimate of drug-likeness (QED) is 0.325. The van der Waals surface area contributed by atoms with Gasteiger partial charge in [0.25, 0.3) is 0 Å². The molecule has 0 aliphatic carbocycles. The van der Waals surface area contributed by atoms with Gasteiger partial charge in [0, 0.05) is 18.5 Å². The lowest BCUT2D eigenvalue weighted by Gasteiger charge is -2.29. The van der Waals surface area contributed by atoms with Crippen molar-refractivity contribution in [1.82, 2.24) is 14.5 Å². The largest absolute Gasteiger partial charge is 0.372 e. The number of hydrogen-bond donors (Lipinski definition) is 0. The average molecular weight is 534 g/mol. The molecule has 9 heteroatoms. The van der Waals surface area contributed by atoms with Crippen molar-refractivity contribution in [1.29, 1.82) is 0 Å². The van der Waals surface area contributed by atoms with E-state index in [1.165, 1.54) is 5.56 Å². The van der Waals surface area contributed by atoms with Gasteiger partial charge in [0.05, 0.1) is 23.2 Å². The van der Waals surface area contributed by atoms with Gasteiger partial charge in [-0.3, -0.25) is 0 Å². The number of para-hydroxylation sites is 2. The van der Waals surface area contributed by atoms with Crippen LogP contribution < -0.4 is 0 Å². The van der Waals surface area contributed by atoms with E-state index in [2.05, 4.69) is 29.7 Å². The Balaban J connectivity index is 1.13. The third kappa shape index (κ3) is 4.51. The van der Waals surface area contributed by atoms with Crippen LogP contribution in [-0.4, -0.2) is 70.0 Å². The number of ether oxygens (including phenoxy) is 6. The van der Waals surface area contributed by atoms with Crippen molar-refractivity contribution in [3.63, 3.8) is 0 Å². The Morgan fingerprint density at radius 2 is 1.74 bits per heavy atom. The maximum absolute atomic E-state index is 6.50. The van der Waals surface area contributed by atoms with Gasteiger partial charge in [-0.15, -0.1) is 0 Å². The SMILES string of the molecule is Cc1ccc2c(c1)c1nc3ccccc3nc1n2CCCOC1C(C2COC(C)(C)O2)OC2OC(C)(C)OC21. The summed E-state index contributed by atoms with van der Waals surface area (Å²) in [6, 6.07) is 14.5. The Kier molecular flexibility index (Phi) is 5.97. The number of fused-ring (bicyclic) bond motifs is 5. The number of nitrogens with zero attached hydrogens (tertiary/aromatic N) is 3. The lowest BCUT2D eigenvalue weighted by Crippen LogP contribution is -2.44. The van der Waals surface area contributed by atoms with E-state index >= 15 is 0 Å². The first-order chi connectivity index (χ1) is 18.7. The summed E-state index contributed by atoms with van der Waals surface area (Å²) >= 11 is 0. The highest BCUT2D eigenvalue weighted by Gasteiger charge is 2.58. The van der Waals surface area contributed by atoms with Crippen molar-refractivity contribution in [3.05, 3.63) is 48.0 Å². The number of rotatable bonds is 6. The molecule has 5 unspecified atom stereocenters. The highest BCUT2D eigenvalue weighted by atomic mass is 16.8. The maximum atomic E-state index is 6.50. The highest BCUT2D eigenvalue weighted by Crippen LogP contribution is 2.42. The van der Waals surface area contributed by atoms with Gasteiger partial charge in [0.2, 0.25) is 0 Å². The standard InChI is InChI=1S/C30H35N3O6/c1-17-11-12-21-18(15-17)23-27(32-20-10-7-6-9-19(20)31-23)33(21)13-8-14-34-25-24(22-16-35-29(2,3)37-22)36-28-26(25)38-30(4,5)39-28/h6-7,9-12,15,22,24-26,28H,8,13-14,16H2,1-5H3. The van der Waals surface area contributed by atoms with E-state index in [0.717, 1.165) is 46.1 Å². The molecule has 3 fully saturated rings. The first-order valence-electron chi connectivity index (χ1n) is 13.8. The van der Waals surface area contributed by atoms with Gasteiger partial charge in [0.1, 0.15) is 29.9 Å². The first kappa shape index (κ1) is 25.3. The molecule has 206 valence electrons. The smallest absolute Gasteiger partial charge is 0.190 e. The van der Waals surface area contributed by atoms with Gasteiger partial charge in [0.15, 0.2) is 23.5 Å². The van der Waals surface area contributed by atoms with Crippen molar-refractivity contribution < 1.29 is 28.4 Å². The Labute approximate surface area is 227 Å². The summed E-state index contributed by atoms with van der Waals surface area (Å²) in [6.07, 6.45) is -0.970. The predicted octanol–water partition coefficient (Wildman–Crippen LogP) is 4.85. The second kappa shape index (κ2) is 9.19. The summed E-state index contributed by atoms with van der Waals surface area (Å²) < 4.78 is 39.2. The van der Waals surface area contributed by atoms with Gasteiger partial charge in [-0.1, -0.05) is 23.8 Å². The van der Waals surface area contributed by atoms with E-state index in [9.17, 15) is 0 Å². The summed E-state index contributed by atoms with van der Waals surface area (Å²) in [5, 5.41) is 1.12. The molecule has 0 bridgehead atoms. The zero-order chi connectivity index (χ0) is 26.9. The summed E-state index contributed by atoms with van der Waals surface area (Å²) in [5.74, 6) is -1.38. The van der Waals surface area contributed by atoms with E-state index in [1.54, 1.807) is 0 Å². The summed E-state index contributed by atoms with van der Waals surface area (Å²) in [7, 11) is 0. The first-order valence-corrected chi connectivity index (χ1v) is 13.8. The molecule has 39 heavy (non-hydrogen) atoms. The summed E-state index contributed by atoms with van der Waals surface area (Å²) in [5.41, 5.74) is 5.94. The molecule has 0 N–H and O–H groups in total. The molecule has 0 radical (unpaired) electrons. The Bertz CT molecular complexity index is 1550. The maximum Gasteiger partial charge on any atom is 0.190 e. The fourth-order valence-electron chi connectivity index (χ4n) is 6.09. The van der Waals surface area contributed by atoms with Gasteiger partial charge in [-0.25, -0.2) is 9.97 Å². The van der Waals surface area contributed by atoms with Gasteiger partial charge < -0.3 is 33.0 Å². The zero-order valence-electron chi connectivity index (χ0n) is 23.0. The second-order valence-electron chi connectivity index (χ2n) is 11.7. The molecular weight excluding hydrogens is 498 g/mol. The summed E-state index contributed by atoms with van der Waals surface area (Å²) in [6.45, 7) is 11.4. The Morgan fingerprint density at radius 1 is 0.949 bits per heavy atom. The second-order valence-corrected chi connectivity index (χ2v) is 11.7. The molecule has 7 rings (SSSR count). The Hall–Kier alpha value is -2.66. The van der Waals surface area contributed by atoms with Crippen LogP contribution in [0.4, 0.5) is 0 Å². The monoisotopic (exact) mass is 533 g/mol. The van der Waals surface area contributed by atoms with Gasteiger partial charge >= 0.3 is 0 Å². The third-order valence-electron chi connectivity index (χ3n) is 7.77. The van der Waals surface area contributed by atoms with Crippen LogP contribution in [0.25, 0.3) is 33.1 Å². The number of aromatic nitrogens is 3. The molecule has 0 saturated carbocycles. The molecule has 5 atom stereocenters. The van der Waals surface area contributed by atoms with Crippen molar-refractivity contribution >= 4 is 33.1 Å². The molecule has 2 aromatic carbocycles. The van der Waals surface area contributed by atoms with Crippen LogP contribution in [0.3, 0.4) is 0 Å². The van der Waals surface area contributed by atoms with Crippen LogP contribution in [0.15, 0.2) is 42.5 Å². The predicted molar refractivity (Wildman–Crippen MR) is 145 cm³/mol. The van der Waals surface area contributed by atoms with E-state index in [1.807, 2.05) is 52.0 Å². The number of benzene rings is 2. The molecule has 9 nitrogen and oxygen atoms in total. The minimum absolute atomic E-state index is 0.255. The molecule has 0 amide bonds. The van der Waals surface area contributed by atoms with E-state index in [0.29, 0.717) is 13.2 Å². The topological polar surface area (TPSA) is 86.1 Å². The van der Waals surface area contributed by atoms with Crippen molar-refractivity contribution in [3.8, 4) is 0 Å². The minimum atomic E-state index is -0.725. The van der Waals surface area contributed by atoms with Crippen molar-refractivity contribution in [2.75, 3.05) is 13.2 Å². The molecular formula is C30H35N3O6. The molecule has 0 spiro atoms. The normalized spacial score (nSPS) is 29.6. The summed E-state index contributed by atoms with van der Waals surface area (Å²) in [4.78, 5) is 10.00. The minimum Gasteiger partial charge on any atom is -0.372 e. The fraction of sp³-hybridized carbons (Fsp3) is 0.533. The lowest BCUT2D eigenvalue weighted by atomic mass is 10.1. The highest BCUT2D eigenvalue weighted by molar-refractivity contribution is 6.06. The van der Waals surface area contributed by atoms with E-state index < -0.39 is 17.9 Å². The number of hydrogen-bond acceptors (Lipinski definition) is 8. The zero-order valence-corrected chi connectivity index (χ0v) is 23.0. The van der Waals surface area contributed by atoms with Gasteiger partial charge in [-0.05, 0) is 65.3 Å². The van der Waals surface area contributed by atoms with Crippen molar-refractivity contribution in [2.24, 2.45) is 0 Å². The van der Waals surface area contributed by atoms with Crippen LogP contribution in [0.2, 0.25) is 0 Å². The number of aryl methyl sites for hydroxylation is 2. The molecule has 3 saturated heterocycles. The molecule has 3 aliphatic heterocycles. The molecule has 2 aromatic heterocycles. The fourth-order valence-corrected chi connectivity index (χ4v) is 6.09. The lowest BCUT2D eigenvalue weighted by molar-refractivity contribution is -0.236.